The van der Waals surface area contributed by atoms with Crippen LogP contribution in [-0.2, 0) is 0 Å². The number of benzene rings is 2. The lowest BCUT2D eigenvalue weighted by atomic mass is 10.2. The van der Waals surface area contributed by atoms with Gasteiger partial charge in [0.25, 0.3) is 0 Å². The van der Waals surface area contributed by atoms with Gasteiger partial charge in [0.1, 0.15) is 17.2 Å². The molecule has 0 fully saturated rings. The molecule has 1 heterocycles. The fourth-order valence-electron chi connectivity index (χ4n) is 2.24. The van der Waals surface area contributed by atoms with Crippen LogP contribution in [0.3, 0.4) is 0 Å². The summed E-state index contributed by atoms with van der Waals surface area (Å²) < 4.78 is 1.69. The average molecular weight is 254 g/mol. The maximum Gasteiger partial charge on any atom is 0.141 e. The molecule has 4 nitrogen and oxygen atoms in total. The molecule has 96 valence electrons. The summed E-state index contributed by atoms with van der Waals surface area (Å²) in [7, 11) is 0. The Hall–Kier alpha value is -2.49. The number of aromatic nitrogens is 2. The SMILES string of the molecule is Cc1ccc(-n2nc3ccc(O)cc3c2C)c(O)c1. The first kappa shape index (κ1) is 11.6. The topological polar surface area (TPSA) is 58.3 Å². The van der Waals surface area contributed by atoms with Gasteiger partial charge in [0.2, 0.25) is 0 Å². The lowest BCUT2D eigenvalue weighted by molar-refractivity contribution is 0.469. The molecule has 0 aliphatic rings. The van der Waals surface area contributed by atoms with Crippen LogP contribution in [-0.4, -0.2) is 20.0 Å². The van der Waals surface area contributed by atoms with Gasteiger partial charge in [0, 0.05) is 11.1 Å². The molecule has 0 bridgehead atoms. The normalized spacial score (nSPS) is 11.1. The van der Waals surface area contributed by atoms with Crippen LogP contribution in [0.5, 0.6) is 11.5 Å². The van der Waals surface area contributed by atoms with Crippen LogP contribution in [0, 0.1) is 13.8 Å². The zero-order valence-corrected chi connectivity index (χ0v) is 10.8. The number of aryl methyl sites for hydroxylation is 2. The first-order valence-electron chi connectivity index (χ1n) is 6.04. The monoisotopic (exact) mass is 254 g/mol. The molecule has 1 aromatic heterocycles. The summed E-state index contributed by atoms with van der Waals surface area (Å²) in [6.07, 6.45) is 0. The highest BCUT2D eigenvalue weighted by atomic mass is 16.3. The van der Waals surface area contributed by atoms with Gasteiger partial charge in [-0.3, -0.25) is 0 Å². The number of hydrogen-bond donors (Lipinski definition) is 2. The van der Waals surface area contributed by atoms with Crippen molar-refractivity contribution in [2.75, 3.05) is 0 Å². The van der Waals surface area contributed by atoms with Gasteiger partial charge in [-0.05, 0) is 49.7 Å². The molecule has 0 aliphatic carbocycles. The Bertz CT molecular complexity index is 775. The molecule has 19 heavy (non-hydrogen) atoms. The van der Waals surface area contributed by atoms with Crippen LogP contribution in [0.15, 0.2) is 36.4 Å². The highest BCUT2D eigenvalue weighted by molar-refractivity contribution is 5.83. The second kappa shape index (κ2) is 4.02. The summed E-state index contributed by atoms with van der Waals surface area (Å²) in [5.74, 6) is 0.406. The summed E-state index contributed by atoms with van der Waals surface area (Å²) >= 11 is 0. The van der Waals surface area contributed by atoms with Crippen LogP contribution < -0.4 is 0 Å². The molecular weight excluding hydrogens is 240 g/mol. The Morgan fingerprint density at radius 3 is 2.53 bits per heavy atom. The zero-order valence-electron chi connectivity index (χ0n) is 10.8. The summed E-state index contributed by atoms with van der Waals surface area (Å²) in [4.78, 5) is 0. The van der Waals surface area contributed by atoms with Crippen molar-refractivity contribution in [3.63, 3.8) is 0 Å². The predicted molar refractivity (Wildman–Crippen MR) is 73.9 cm³/mol. The van der Waals surface area contributed by atoms with Crippen molar-refractivity contribution in [3.8, 4) is 17.2 Å². The van der Waals surface area contributed by atoms with Crippen molar-refractivity contribution in [1.82, 2.24) is 9.78 Å². The largest absolute Gasteiger partial charge is 0.508 e. The Labute approximate surface area is 110 Å². The third-order valence-corrected chi connectivity index (χ3v) is 3.25. The number of aromatic hydroxyl groups is 2. The van der Waals surface area contributed by atoms with E-state index in [9.17, 15) is 10.2 Å². The number of phenolic OH excluding ortho intramolecular Hbond substituents is 2. The van der Waals surface area contributed by atoms with Crippen LogP contribution in [0.2, 0.25) is 0 Å². The van der Waals surface area contributed by atoms with E-state index in [2.05, 4.69) is 5.10 Å². The Kier molecular flexibility index (Phi) is 2.45. The standard InChI is InChI=1S/C15H14N2O2/c1-9-3-6-14(15(19)7-9)17-10(2)12-8-11(18)4-5-13(12)16-17/h3-8,18-19H,1-2H3. The fraction of sp³-hybridized carbons (Fsp3) is 0.133. The van der Waals surface area contributed by atoms with Crippen LogP contribution in [0.4, 0.5) is 0 Å². The minimum atomic E-state index is 0.195. The lowest BCUT2D eigenvalue weighted by Gasteiger charge is -2.07. The quantitative estimate of drug-likeness (QED) is 0.701. The van der Waals surface area contributed by atoms with E-state index in [0.717, 1.165) is 22.2 Å². The molecule has 0 saturated heterocycles. The van der Waals surface area contributed by atoms with E-state index in [1.165, 1.54) is 0 Å². The second-order valence-electron chi connectivity index (χ2n) is 4.69. The third-order valence-electron chi connectivity index (χ3n) is 3.25. The molecule has 0 atom stereocenters. The highest BCUT2D eigenvalue weighted by Gasteiger charge is 2.12. The van der Waals surface area contributed by atoms with E-state index < -0.39 is 0 Å². The van der Waals surface area contributed by atoms with Crippen LogP contribution in [0.1, 0.15) is 11.3 Å². The molecule has 3 aromatic rings. The number of hydrogen-bond acceptors (Lipinski definition) is 3. The average Bonchev–Trinajstić information content (AvgIpc) is 2.67. The predicted octanol–water partition coefficient (Wildman–Crippen LogP) is 3.05. The second-order valence-corrected chi connectivity index (χ2v) is 4.69. The van der Waals surface area contributed by atoms with Crippen molar-refractivity contribution in [2.24, 2.45) is 0 Å². The minimum Gasteiger partial charge on any atom is -0.508 e. The van der Waals surface area contributed by atoms with Crippen molar-refractivity contribution < 1.29 is 10.2 Å². The van der Waals surface area contributed by atoms with Gasteiger partial charge < -0.3 is 10.2 Å². The Balaban J connectivity index is 2.28. The molecule has 2 N–H and O–H groups in total. The molecule has 0 radical (unpaired) electrons. The summed E-state index contributed by atoms with van der Waals surface area (Å²) in [6, 6.07) is 10.5. The van der Waals surface area contributed by atoms with E-state index in [1.807, 2.05) is 26.0 Å². The van der Waals surface area contributed by atoms with Crippen molar-refractivity contribution in [3.05, 3.63) is 47.7 Å². The van der Waals surface area contributed by atoms with Gasteiger partial charge in [0.15, 0.2) is 0 Å². The first-order valence-corrected chi connectivity index (χ1v) is 6.04. The van der Waals surface area contributed by atoms with Gasteiger partial charge in [-0.1, -0.05) is 6.07 Å². The zero-order chi connectivity index (χ0) is 13.6. The van der Waals surface area contributed by atoms with E-state index >= 15 is 0 Å². The summed E-state index contributed by atoms with van der Waals surface area (Å²) in [5, 5.41) is 24.9. The van der Waals surface area contributed by atoms with E-state index in [1.54, 1.807) is 28.9 Å². The van der Waals surface area contributed by atoms with Crippen molar-refractivity contribution in [1.29, 1.82) is 0 Å². The molecule has 2 aromatic carbocycles. The summed E-state index contributed by atoms with van der Waals surface area (Å²) in [6.45, 7) is 3.84. The van der Waals surface area contributed by atoms with E-state index in [0.29, 0.717) is 5.69 Å². The number of nitrogens with zero attached hydrogens (tertiary/aromatic N) is 2. The maximum atomic E-state index is 10.0. The van der Waals surface area contributed by atoms with E-state index in [-0.39, 0.29) is 11.5 Å². The lowest BCUT2D eigenvalue weighted by Crippen LogP contribution is -1.99. The van der Waals surface area contributed by atoms with Crippen molar-refractivity contribution >= 4 is 10.9 Å². The maximum absolute atomic E-state index is 10.0. The molecule has 0 saturated carbocycles. The molecule has 0 aliphatic heterocycles. The number of rotatable bonds is 1. The van der Waals surface area contributed by atoms with Gasteiger partial charge in [0.05, 0.1) is 5.52 Å². The number of fused-ring (bicyclic) bond motifs is 1. The first-order chi connectivity index (χ1) is 9.06. The van der Waals surface area contributed by atoms with Gasteiger partial charge >= 0.3 is 0 Å². The fourth-order valence-corrected chi connectivity index (χ4v) is 2.24. The molecule has 0 spiro atoms. The smallest absolute Gasteiger partial charge is 0.141 e. The van der Waals surface area contributed by atoms with Gasteiger partial charge in [-0.25, -0.2) is 4.68 Å². The molecule has 3 rings (SSSR count). The van der Waals surface area contributed by atoms with E-state index in [4.69, 9.17) is 0 Å². The highest BCUT2D eigenvalue weighted by Crippen LogP contribution is 2.28. The Morgan fingerprint density at radius 2 is 1.79 bits per heavy atom. The molecular formula is C15H14N2O2. The van der Waals surface area contributed by atoms with Gasteiger partial charge in [-0.2, -0.15) is 5.10 Å². The molecule has 0 amide bonds. The van der Waals surface area contributed by atoms with Crippen LogP contribution >= 0.6 is 0 Å². The molecule has 4 heteroatoms. The Morgan fingerprint density at radius 1 is 1.00 bits per heavy atom. The van der Waals surface area contributed by atoms with Gasteiger partial charge in [-0.15, -0.1) is 0 Å². The molecule has 0 unspecified atom stereocenters. The number of phenols is 2. The van der Waals surface area contributed by atoms with Crippen LogP contribution in [0.25, 0.3) is 16.6 Å². The minimum absolute atomic E-state index is 0.195. The summed E-state index contributed by atoms with van der Waals surface area (Å²) in [5.41, 5.74) is 3.30. The van der Waals surface area contributed by atoms with Crippen molar-refractivity contribution in [2.45, 2.75) is 13.8 Å². The third kappa shape index (κ3) is 1.81.